The molecule has 0 unspecified atom stereocenters. The third-order valence-electron chi connectivity index (χ3n) is 3.68. The summed E-state index contributed by atoms with van der Waals surface area (Å²) in [6.45, 7) is 3.61. The largest absolute Gasteiger partial charge is 0.504 e. The fourth-order valence-electron chi connectivity index (χ4n) is 2.52. The highest BCUT2D eigenvalue weighted by Gasteiger charge is 2.31. The highest BCUT2D eigenvalue weighted by atomic mass is 16.7. The van der Waals surface area contributed by atoms with E-state index < -0.39 is 11.8 Å². The molecule has 0 radical (unpaired) electrons. The van der Waals surface area contributed by atoms with E-state index in [2.05, 4.69) is 0 Å². The van der Waals surface area contributed by atoms with Gasteiger partial charge in [-0.25, -0.2) is 4.79 Å². The van der Waals surface area contributed by atoms with Gasteiger partial charge in [0.25, 0.3) is 0 Å². The monoisotopic (exact) mass is 368 g/mol. The van der Waals surface area contributed by atoms with E-state index in [0.717, 1.165) is 5.56 Å². The summed E-state index contributed by atoms with van der Waals surface area (Å²) < 4.78 is 21.5. The molecular weight excluding hydrogens is 348 g/mol. The van der Waals surface area contributed by atoms with Crippen molar-refractivity contribution in [3.05, 3.63) is 60.2 Å². The Kier molecular flexibility index (Phi) is 5.07. The third-order valence-corrected chi connectivity index (χ3v) is 3.68. The minimum Gasteiger partial charge on any atom is -0.504 e. The molecule has 6 heteroatoms. The Morgan fingerprint density at radius 3 is 2.63 bits per heavy atom. The topological polar surface area (TPSA) is 74.2 Å². The molecule has 0 aromatic heterocycles. The first kappa shape index (κ1) is 18.4. The van der Waals surface area contributed by atoms with Crippen molar-refractivity contribution in [3.63, 3.8) is 0 Å². The number of carbonyl (C=O) groups excluding carboxylic acids is 1. The summed E-state index contributed by atoms with van der Waals surface area (Å²) in [5.41, 5.74) is 0.820. The van der Waals surface area contributed by atoms with Crippen LogP contribution in [0.5, 0.6) is 28.7 Å². The maximum absolute atomic E-state index is 11.9. The van der Waals surface area contributed by atoms with Gasteiger partial charge in [0.15, 0.2) is 23.0 Å². The van der Waals surface area contributed by atoms with E-state index in [0.29, 0.717) is 23.0 Å². The molecule has 6 nitrogen and oxygen atoms in total. The molecule has 0 fully saturated rings. The van der Waals surface area contributed by atoms with Crippen molar-refractivity contribution in [1.29, 1.82) is 0 Å². The fourth-order valence-corrected chi connectivity index (χ4v) is 2.52. The van der Waals surface area contributed by atoms with Crippen LogP contribution in [0.4, 0.5) is 0 Å². The number of rotatable bonds is 5. The zero-order chi connectivity index (χ0) is 19.4. The lowest BCUT2D eigenvalue weighted by atomic mass is 10.2. The van der Waals surface area contributed by atoms with Crippen LogP contribution in [0.15, 0.2) is 54.6 Å². The maximum atomic E-state index is 11.9. The molecule has 0 amide bonds. The summed E-state index contributed by atoms with van der Waals surface area (Å²) >= 11 is 0. The molecule has 0 saturated heterocycles. The molecule has 140 valence electrons. The molecule has 0 aliphatic carbocycles. The van der Waals surface area contributed by atoms with Crippen molar-refractivity contribution >= 4 is 12.0 Å². The average Bonchev–Trinajstić information content (AvgIpc) is 2.93. The first-order chi connectivity index (χ1) is 12.9. The molecule has 2 aromatic carbocycles. The van der Waals surface area contributed by atoms with Gasteiger partial charge in [0.1, 0.15) is 5.75 Å². The van der Waals surface area contributed by atoms with Crippen LogP contribution in [0.1, 0.15) is 19.4 Å². The van der Waals surface area contributed by atoms with Gasteiger partial charge < -0.3 is 24.1 Å². The number of hydrogen-bond acceptors (Lipinski definition) is 6. The van der Waals surface area contributed by atoms with E-state index in [4.69, 9.17) is 18.9 Å². The second-order valence-electron chi connectivity index (χ2n) is 6.28. The average molecular weight is 368 g/mol. The molecule has 1 N–H and O–H groups in total. The molecule has 0 atom stereocenters. The molecule has 0 spiro atoms. The predicted octanol–water partition coefficient (Wildman–Crippen LogP) is 4.08. The lowest BCUT2D eigenvalue weighted by molar-refractivity contribution is -0.128. The number of carbonyl (C=O) groups is 1. The molecular formula is C21H20O6. The van der Waals surface area contributed by atoms with Crippen molar-refractivity contribution in [3.8, 4) is 28.7 Å². The predicted molar refractivity (Wildman–Crippen MR) is 100 cm³/mol. The SMILES string of the molecule is COc1cc(C=CC=CC(=O)Oc2ccc3c(c2)OC(C)(C)O3)ccc1O. The number of fused-ring (bicyclic) bond motifs is 1. The summed E-state index contributed by atoms with van der Waals surface area (Å²) in [4.78, 5) is 11.9. The normalized spacial score (nSPS) is 14.6. The number of benzene rings is 2. The molecule has 0 saturated carbocycles. The minimum atomic E-state index is -0.730. The molecule has 1 aliphatic rings. The first-order valence-electron chi connectivity index (χ1n) is 8.32. The van der Waals surface area contributed by atoms with Crippen molar-refractivity contribution in [1.82, 2.24) is 0 Å². The molecule has 2 aromatic rings. The highest BCUT2D eigenvalue weighted by Crippen LogP contribution is 2.41. The maximum Gasteiger partial charge on any atom is 0.336 e. The lowest BCUT2D eigenvalue weighted by Gasteiger charge is -2.16. The number of allylic oxidation sites excluding steroid dienone is 2. The van der Waals surface area contributed by atoms with Gasteiger partial charge in [0.05, 0.1) is 7.11 Å². The quantitative estimate of drug-likeness (QED) is 0.371. The smallest absolute Gasteiger partial charge is 0.336 e. The lowest BCUT2D eigenvalue weighted by Crippen LogP contribution is -2.29. The summed E-state index contributed by atoms with van der Waals surface area (Å²) in [6.07, 6.45) is 6.34. The minimum absolute atomic E-state index is 0.0703. The van der Waals surface area contributed by atoms with Crippen LogP contribution in [0, 0.1) is 0 Å². The van der Waals surface area contributed by atoms with Crippen molar-refractivity contribution < 1.29 is 28.8 Å². The number of esters is 1. The van der Waals surface area contributed by atoms with Gasteiger partial charge in [-0.3, -0.25) is 0 Å². The number of phenols is 1. The van der Waals surface area contributed by atoms with E-state index in [1.165, 1.54) is 19.3 Å². The number of ether oxygens (including phenoxy) is 4. The first-order valence-corrected chi connectivity index (χ1v) is 8.32. The van der Waals surface area contributed by atoms with Gasteiger partial charge >= 0.3 is 5.97 Å². The second-order valence-corrected chi connectivity index (χ2v) is 6.28. The van der Waals surface area contributed by atoms with Gasteiger partial charge in [-0.15, -0.1) is 0 Å². The zero-order valence-corrected chi connectivity index (χ0v) is 15.3. The van der Waals surface area contributed by atoms with Crippen molar-refractivity contribution in [2.75, 3.05) is 7.11 Å². The van der Waals surface area contributed by atoms with Crippen LogP contribution in [-0.2, 0) is 4.79 Å². The Hall–Kier alpha value is -3.41. The van der Waals surface area contributed by atoms with Crippen LogP contribution in [0.2, 0.25) is 0 Å². The van der Waals surface area contributed by atoms with E-state index in [1.54, 1.807) is 62.4 Å². The van der Waals surface area contributed by atoms with Crippen LogP contribution >= 0.6 is 0 Å². The molecule has 1 aliphatic heterocycles. The number of hydrogen-bond donors (Lipinski definition) is 1. The fraction of sp³-hybridized carbons (Fsp3) is 0.190. The van der Waals surface area contributed by atoms with E-state index in [9.17, 15) is 9.90 Å². The van der Waals surface area contributed by atoms with Crippen LogP contribution in [0.25, 0.3) is 6.08 Å². The highest BCUT2D eigenvalue weighted by molar-refractivity contribution is 5.84. The van der Waals surface area contributed by atoms with Gasteiger partial charge in [-0.05, 0) is 29.8 Å². The molecule has 1 heterocycles. The van der Waals surface area contributed by atoms with Gasteiger partial charge in [-0.1, -0.05) is 24.3 Å². The van der Waals surface area contributed by atoms with Gasteiger partial charge in [0.2, 0.25) is 5.79 Å². The molecule has 27 heavy (non-hydrogen) atoms. The van der Waals surface area contributed by atoms with E-state index >= 15 is 0 Å². The molecule has 3 rings (SSSR count). The summed E-state index contributed by atoms with van der Waals surface area (Å²) in [7, 11) is 1.48. The van der Waals surface area contributed by atoms with Gasteiger partial charge in [-0.2, -0.15) is 0 Å². The van der Waals surface area contributed by atoms with Crippen LogP contribution in [0.3, 0.4) is 0 Å². The van der Waals surface area contributed by atoms with Crippen LogP contribution in [-0.4, -0.2) is 24.0 Å². The second kappa shape index (κ2) is 7.45. The summed E-state index contributed by atoms with van der Waals surface area (Å²) in [6, 6.07) is 9.93. The van der Waals surface area contributed by atoms with Crippen molar-refractivity contribution in [2.24, 2.45) is 0 Å². The Balaban J connectivity index is 1.58. The molecule has 0 bridgehead atoms. The summed E-state index contributed by atoms with van der Waals surface area (Å²) in [5, 5.41) is 9.57. The van der Waals surface area contributed by atoms with E-state index in [1.807, 2.05) is 0 Å². The Morgan fingerprint density at radius 1 is 1.07 bits per heavy atom. The Bertz CT molecular complexity index is 911. The van der Waals surface area contributed by atoms with Crippen LogP contribution < -0.4 is 18.9 Å². The van der Waals surface area contributed by atoms with E-state index in [-0.39, 0.29) is 5.75 Å². The number of phenolic OH excluding ortho intramolecular Hbond substituents is 1. The number of aromatic hydroxyl groups is 1. The Morgan fingerprint density at radius 2 is 1.85 bits per heavy atom. The summed E-state index contributed by atoms with van der Waals surface area (Å²) in [5.74, 6) is 0.732. The van der Waals surface area contributed by atoms with Gasteiger partial charge in [0, 0.05) is 26.0 Å². The standard InChI is InChI=1S/C21H20O6/c1-21(2)26-17-11-9-15(13-19(17)27-21)25-20(23)7-5-4-6-14-8-10-16(22)18(12-14)24-3/h4-13,22H,1-3H3. The third kappa shape index (κ3) is 4.61. The number of methoxy groups -OCH3 is 1. The zero-order valence-electron chi connectivity index (χ0n) is 15.3. The van der Waals surface area contributed by atoms with Crippen molar-refractivity contribution in [2.45, 2.75) is 19.6 Å². The Labute approximate surface area is 157 Å².